The highest BCUT2D eigenvalue weighted by molar-refractivity contribution is 9.12. The van der Waals surface area contributed by atoms with Crippen molar-refractivity contribution in [1.82, 2.24) is 0 Å². The van der Waals surface area contributed by atoms with Crippen molar-refractivity contribution in [3.63, 3.8) is 0 Å². The molecule has 2 atom stereocenters. The Balaban J connectivity index is 2.45. The zero-order valence-electron chi connectivity index (χ0n) is 6.37. The normalized spacial score (nSPS) is 41.7. The molecular weight excluding hydrogens is 256 g/mol. The molecule has 0 aromatic carbocycles. The molecule has 0 aromatic rings. The fraction of sp³-hybridized carbons (Fsp3) is 1.00. The number of rotatable bonds is 1. The summed E-state index contributed by atoms with van der Waals surface area (Å²) in [5.74, 6) is 0.908. The van der Waals surface area contributed by atoms with Crippen LogP contribution in [0.4, 0.5) is 0 Å². The molecule has 0 N–H and O–H groups in total. The Morgan fingerprint density at radius 3 is 2.70 bits per heavy atom. The quantitative estimate of drug-likeness (QED) is 0.637. The Kier molecular flexibility index (Phi) is 3.23. The van der Waals surface area contributed by atoms with Gasteiger partial charge in [-0.2, -0.15) is 0 Å². The molecule has 0 unspecified atom stereocenters. The van der Waals surface area contributed by atoms with Crippen LogP contribution in [-0.4, -0.2) is 9.65 Å². The van der Waals surface area contributed by atoms with E-state index < -0.39 is 0 Å². The fourth-order valence-corrected chi connectivity index (χ4v) is 3.06. The highest BCUT2D eigenvalue weighted by atomic mass is 79.9. The van der Waals surface area contributed by atoms with Gasteiger partial charge in [0.25, 0.3) is 0 Å². The fourth-order valence-electron chi connectivity index (χ4n) is 1.72. The molecule has 0 aliphatic heterocycles. The van der Waals surface area contributed by atoms with Crippen LogP contribution in [0.3, 0.4) is 0 Å². The molecule has 10 heavy (non-hydrogen) atoms. The van der Waals surface area contributed by atoms with E-state index in [0.29, 0.717) is 4.32 Å². The van der Waals surface area contributed by atoms with Crippen LogP contribution >= 0.6 is 31.9 Å². The molecule has 1 rings (SSSR count). The number of hydrogen-bond acceptors (Lipinski definition) is 0. The number of alkyl halides is 2. The second-order valence-corrected chi connectivity index (χ2v) is 5.73. The zero-order valence-corrected chi connectivity index (χ0v) is 9.54. The van der Waals surface area contributed by atoms with Crippen molar-refractivity contribution >= 4 is 31.9 Å². The average Bonchev–Trinajstić information content (AvgIpc) is 1.88. The predicted molar refractivity (Wildman–Crippen MR) is 53.1 cm³/mol. The summed E-state index contributed by atoms with van der Waals surface area (Å²) in [6.45, 7) is 2.35. The van der Waals surface area contributed by atoms with Gasteiger partial charge in [0.2, 0.25) is 0 Å². The van der Waals surface area contributed by atoms with Gasteiger partial charge in [-0.25, -0.2) is 0 Å². The first-order chi connectivity index (χ1) is 4.66. The van der Waals surface area contributed by atoms with Gasteiger partial charge < -0.3 is 0 Å². The lowest BCUT2D eigenvalue weighted by molar-refractivity contribution is 0.339. The van der Waals surface area contributed by atoms with Gasteiger partial charge >= 0.3 is 0 Å². The average molecular weight is 270 g/mol. The summed E-state index contributed by atoms with van der Waals surface area (Å²) in [5, 5.41) is 1.10. The van der Waals surface area contributed by atoms with Crippen molar-refractivity contribution in [1.29, 1.82) is 0 Å². The lowest BCUT2D eigenvalue weighted by Gasteiger charge is -2.33. The zero-order chi connectivity index (χ0) is 7.61. The van der Waals surface area contributed by atoms with E-state index in [1.54, 1.807) is 0 Å². The predicted octanol–water partition coefficient (Wildman–Crippen LogP) is 3.73. The monoisotopic (exact) mass is 268 g/mol. The van der Waals surface area contributed by atoms with E-state index in [2.05, 4.69) is 38.8 Å². The van der Waals surface area contributed by atoms with E-state index in [1.165, 1.54) is 25.7 Å². The summed E-state index contributed by atoms with van der Waals surface area (Å²) in [4.78, 5) is 0. The third-order valence-electron chi connectivity index (χ3n) is 2.28. The van der Waals surface area contributed by atoms with Gasteiger partial charge in [-0.15, -0.1) is 0 Å². The van der Waals surface area contributed by atoms with Gasteiger partial charge in [-0.1, -0.05) is 51.6 Å². The van der Waals surface area contributed by atoms with Gasteiger partial charge in [-0.3, -0.25) is 0 Å². The summed E-state index contributed by atoms with van der Waals surface area (Å²) < 4.78 is 0.421. The Morgan fingerprint density at radius 2 is 2.30 bits per heavy atom. The third-order valence-corrected chi connectivity index (χ3v) is 5.10. The molecule has 1 saturated carbocycles. The summed E-state index contributed by atoms with van der Waals surface area (Å²) in [7, 11) is 0. The molecule has 0 saturated heterocycles. The first-order valence-corrected chi connectivity index (χ1v) is 5.83. The van der Waals surface area contributed by atoms with Gasteiger partial charge in [0.1, 0.15) is 0 Å². The molecule has 60 valence electrons. The third kappa shape index (κ3) is 2.23. The van der Waals surface area contributed by atoms with Crippen molar-refractivity contribution in [3.8, 4) is 0 Å². The van der Waals surface area contributed by atoms with Crippen molar-refractivity contribution in [2.24, 2.45) is 5.92 Å². The van der Waals surface area contributed by atoms with E-state index >= 15 is 0 Å². The van der Waals surface area contributed by atoms with E-state index in [4.69, 9.17) is 0 Å². The summed E-state index contributed by atoms with van der Waals surface area (Å²) >= 11 is 7.34. The second kappa shape index (κ2) is 3.57. The Morgan fingerprint density at radius 1 is 1.60 bits per heavy atom. The maximum atomic E-state index is 3.79. The van der Waals surface area contributed by atoms with Crippen molar-refractivity contribution in [3.05, 3.63) is 0 Å². The largest absolute Gasteiger partial charge is 0.0913 e. The van der Waals surface area contributed by atoms with Gasteiger partial charge in [0.05, 0.1) is 0 Å². The summed E-state index contributed by atoms with van der Waals surface area (Å²) in [6.07, 6.45) is 5.47. The van der Waals surface area contributed by atoms with Crippen molar-refractivity contribution < 1.29 is 0 Å². The Labute approximate surface area is 80.0 Å². The van der Waals surface area contributed by atoms with Crippen LogP contribution in [0.25, 0.3) is 0 Å². The van der Waals surface area contributed by atoms with Gasteiger partial charge in [-0.05, 0) is 18.8 Å². The van der Waals surface area contributed by atoms with E-state index in [0.717, 1.165) is 11.2 Å². The molecular formula is C8H14Br2. The van der Waals surface area contributed by atoms with Crippen LogP contribution in [0.2, 0.25) is 0 Å². The van der Waals surface area contributed by atoms with Crippen LogP contribution in [0.15, 0.2) is 0 Å². The minimum atomic E-state index is 0.421. The SMILES string of the molecule is C[C@@H]1CCC[C@@](Br)(CBr)C1. The summed E-state index contributed by atoms with van der Waals surface area (Å²) in [5.41, 5.74) is 0. The van der Waals surface area contributed by atoms with Crippen LogP contribution in [0.1, 0.15) is 32.6 Å². The molecule has 1 fully saturated rings. The molecule has 0 radical (unpaired) electrons. The molecule has 0 nitrogen and oxygen atoms in total. The first-order valence-electron chi connectivity index (χ1n) is 3.91. The minimum Gasteiger partial charge on any atom is -0.0913 e. The standard InChI is InChI=1S/C8H14Br2/c1-7-3-2-4-8(10,5-7)6-9/h7H,2-6H2,1H3/t7-,8+/m1/s1. The van der Waals surface area contributed by atoms with Gasteiger partial charge in [0.15, 0.2) is 0 Å². The molecule has 1 aliphatic rings. The summed E-state index contributed by atoms with van der Waals surface area (Å²) in [6, 6.07) is 0. The molecule has 0 heterocycles. The van der Waals surface area contributed by atoms with Crippen LogP contribution < -0.4 is 0 Å². The molecule has 0 bridgehead atoms. The highest BCUT2D eigenvalue weighted by Gasteiger charge is 2.30. The Hall–Kier alpha value is 0.960. The number of halogens is 2. The molecule has 2 heteroatoms. The molecule has 0 aromatic heterocycles. The lowest BCUT2D eigenvalue weighted by Crippen LogP contribution is -2.29. The molecule has 0 spiro atoms. The first kappa shape index (κ1) is 9.05. The minimum absolute atomic E-state index is 0.421. The van der Waals surface area contributed by atoms with Gasteiger partial charge in [0, 0.05) is 9.65 Å². The van der Waals surface area contributed by atoms with Crippen LogP contribution in [-0.2, 0) is 0 Å². The number of hydrogen-bond donors (Lipinski definition) is 0. The van der Waals surface area contributed by atoms with Crippen LogP contribution in [0, 0.1) is 5.92 Å². The molecule has 0 amide bonds. The molecule has 1 aliphatic carbocycles. The second-order valence-electron chi connectivity index (χ2n) is 3.49. The van der Waals surface area contributed by atoms with E-state index in [-0.39, 0.29) is 0 Å². The van der Waals surface area contributed by atoms with E-state index in [9.17, 15) is 0 Å². The smallest absolute Gasteiger partial charge is 0.0357 e. The highest BCUT2D eigenvalue weighted by Crippen LogP contribution is 2.39. The van der Waals surface area contributed by atoms with Crippen LogP contribution in [0.5, 0.6) is 0 Å². The van der Waals surface area contributed by atoms with Crippen molar-refractivity contribution in [2.45, 2.75) is 36.9 Å². The maximum absolute atomic E-state index is 3.79. The van der Waals surface area contributed by atoms with Crippen molar-refractivity contribution in [2.75, 3.05) is 5.33 Å². The van der Waals surface area contributed by atoms with E-state index in [1.807, 2.05) is 0 Å². The Bertz CT molecular complexity index is 114. The maximum Gasteiger partial charge on any atom is 0.0357 e. The lowest BCUT2D eigenvalue weighted by atomic mass is 9.83. The topological polar surface area (TPSA) is 0 Å².